The Labute approximate surface area is 117 Å². The number of hydrogen-bond donors (Lipinski definition) is 0. The molecule has 1 heterocycles. The SMILES string of the molecule is O=Cc1ccc(-c2ccc(-c3ccncc3)cc2)cc1. The van der Waals surface area contributed by atoms with Gasteiger partial charge in [-0.2, -0.15) is 0 Å². The number of hydrogen-bond acceptors (Lipinski definition) is 2. The summed E-state index contributed by atoms with van der Waals surface area (Å²) in [5.41, 5.74) is 5.27. The Balaban J connectivity index is 1.91. The van der Waals surface area contributed by atoms with E-state index in [4.69, 9.17) is 0 Å². The zero-order chi connectivity index (χ0) is 13.8. The quantitative estimate of drug-likeness (QED) is 0.659. The van der Waals surface area contributed by atoms with Gasteiger partial charge < -0.3 is 0 Å². The van der Waals surface area contributed by atoms with Gasteiger partial charge in [0, 0.05) is 18.0 Å². The van der Waals surface area contributed by atoms with Crippen molar-refractivity contribution in [3.05, 3.63) is 78.6 Å². The van der Waals surface area contributed by atoms with E-state index in [2.05, 4.69) is 29.2 Å². The summed E-state index contributed by atoms with van der Waals surface area (Å²) in [5.74, 6) is 0. The van der Waals surface area contributed by atoms with Crippen LogP contribution in [0.4, 0.5) is 0 Å². The fourth-order valence-corrected chi connectivity index (χ4v) is 2.15. The summed E-state index contributed by atoms with van der Waals surface area (Å²) in [6.07, 6.45) is 4.44. The maximum Gasteiger partial charge on any atom is 0.150 e. The van der Waals surface area contributed by atoms with Crippen molar-refractivity contribution in [3.63, 3.8) is 0 Å². The summed E-state index contributed by atoms with van der Waals surface area (Å²) >= 11 is 0. The average Bonchev–Trinajstić information content (AvgIpc) is 2.56. The maximum absolute atomic E-state index is 10.7. The lowest BCUT2D eigenvalue weighted by molar-refractivity contribution is 0.112. The normalized spacial score (nSPS) is 10.2. The van der Waals surface area contributed by atoms with Crippen molar-refractivity contribution in [2.24, 2.45) is 0 Å². The highest BCUT2D eigenvalue weighted by molar-refractivity contribution is 5.77. The van der Waals surface area contributed by atoms with Crippen LogP contribution in [0.15, 0.2) is 73.1 Å². The first-order chi connectivity index (χ1) is 9.86. The summed E-state index contributed by atoms with van der Waals surface area (Å²) in [6, 6.07) is 19.9. The molecule has 20 heavy (non-hydrogen) atoms. The van der Waals surface area contributed by atoms with Gasteiger partial charge in [-0.15, -0.1) is 0 Å². The number of aromatic nitrogens is 1. The minimum Gasteiger partial charge on any atom is -0.298 e. The van der Waals surface area contributed by atoms with E-state index in [1.165, 1.54) is 5.56 Å². The van der Waals surface area contributed by atoms with Gasteiger partial charge in [-0.05, 0) is 34.4 Å². The van der Waals surface area contributed by atoms with Gasteiger partial charge in [-0.1, -0.05) is 48.5 Å². The van der Waals surface area contributed by atoms with Crippen molar-refractivity contribution >= 4 is 6.29 Å². The molecular formula is C18H13NO. The van der Waals surface area contributed by atoms with Crippen LogP contribution in [0.3, 0.4) is 0 Å². The van der Waals surface area contributed by atoms with Gasteiger partial charge in [0.2, 0.25) is 0 Å². The highest BCUT2D eigenvalue weighted by atomic mass is 16.1. The van der Waals surface area contributed by atoms with Gasteiger partial charge in [0.05, 0.1) is 0 Å². The smallest absolute Gasteiger partial charge is 0.150 e. The van der Waals surface area contributed by atoms with Crippen molar-refractivity contribution in [2.75, 3.05) is 0 Å². The first kappa shape index (κ1) is 12.3. The molecule has 0 bridgehead atoms. The average molecular weight is 259 g/mol. The minimum absolute atomic E-state index is 0.696. The Bertz CT molecular complexity index is 701. The molecule has 0 spiro atoms. The zero-order valence-electron chi connectivity index (χ0n) is 10.9. The topological polar surface area (TPSA) is 30.0 Å². The molecule has 0 N–H and O–H groups in total. The number of nitrogens with zero attached hydrogens (tertiary/aromatic N) is 1. The Morgan fingerprint density at radius 3 is 1.45 bits per heavy atom. The van der Waals surface area contributed by atoms with Crippen LogP contribution in [0.5, 0.6) is 0 Å². The number of carbonyl (C=O) groups excluding carboxylic acids is 1. The molecule has 0 aliphatic heterocycles. The van der Waals surface area contributed by atoms with Gasteiger partial charge in [-0.25, -0.2) is 0 Å². The van der Waals surface area contributed by atoms with Crippen molar-refractivity contribution in [1.29, 1.82) is 0 Å². The number of pyridine rings is 1. The first-order valence-electron chi connectivity index (χ1n) is 6.43. The molecule has 0 aliphatic carbocycles. The Hall–Kier alpha value is -2.74. The highest BCUT2D eigenvalue weighted by Crippen LogP contribution is 2.24. The summed E-state index contributed by atoms with van der Waals surface area (Å²) < 4.78 is 0. The second-order valence-electron chi connectivity index (χ2n) is 4.55. The third-order valence-electron chi connectivity index (χ3n) is 3.28. The van der Waals surface area contributed by atoms with Crippen LogP contribution < -0.4 is 0 Å². The number of rotatable bonds is 3. The predicted molar refractivity (Wildman–Crippen MR) is 80.5 cm³/mol. The Kier molecular flexibility index (Phi) is 3.38. The van der Waals surface area contributed by atoms with Crippen LogP contribution in [0, 0.1) is 0 Å². The summed E-state index contributed by atoms with van der Waals surface area (Å²) in [6.45, 7) is 0. The summed E-state index contributed by atoms with van der Waals surface area (Å²) in [7, 11) is 0. The molecule has 2 aromatic carbocycles. The van der Waals surface area contributed by atoms with Gasteiger partial charge in [-0.3, -0.25) is 9.78 Å². The van der Waals surface area contributed by atoms with Crippen LogP contribution in [-0.2, 0) is 0 Å². The van der Waals surface area contributed by atoms with Gasteiger partial charge in [0.25, 0.3) is 0 Å². The molecule has 1 aromatic heterocycles. The molecule has 0 atom stereocenters. The zero-order valence-corrected chi connectivity index (χ0v) is 10.9. The molecule has 2 nitrogen and oxygen atoms in total. The lowest BCUT2D eigenvalue weighted by atomic mass is 10.0. The lowest BCUT2D eigenvalue weighted by Gasteiger charge is -2.05. The second kappa shape index (κ2) is 5.49. The standard InChI is InChI=1S/C18H13NO/c20-13-14-1-3-15(4-2-14)16-5-7-17(8-6-16)18-9-11-19-12-10-18/h1-13H. The fourth-order valence-electron chi connectivity index (χ4n) is 2.15. The maximum atomic E-state index is 10.7. The van der Waals surface area contributed by atoms with E-state index >= 15 is 0 Å². The van der Waals surface area contributed by atoms with E-state index in [9.17, 15) is 4.79 Å². The van der Waals surface area contributed by atoms with Crippen molar-refractivity contribution < 1.29 is 4.79 Å². The molecule has 0 unspecified atom stereocenters. The largest absolute Gasteiger partial charge is 0.298 e. The van der Waals surface area contributed by atoms with E-state index in [1.807, 2.05) is 36.4 Å². The van der Waals surface area contributed by atoms with E-state index in [-0.39, 0.29) is 0 Å². The van der Waals surface area contributed by atoms with E-state index in [0.29, 0.717) is 5.56 Å². The summed E-state index contributed by atoms with van der Waals surface area (Å²) in [4.78, 5) is 14.7. The van der Waals surface area contributed by atoms with E-state index < -0.39 is 0 Å². The number of carbonyl (C=O) groups is 1. The predicted octanol–water partition coefficient (Wildman–Crippen LogP) is 4.23. The van der Waals surface area contributed by atoms with Gasteiger partial charge in [0.15, 0.2) is 0 Å². The number of benzene rings is 2. The second-order valence-corrected chi connectivity index (χ2v) is 4.55. The third kappa shape index (κ3) is 2.50. The van der Waals surface area contributed by atoms with Crippen LogP contribution in [-0.4, -0.2) is 11.3 Å². The van der Waals surface area contributed by atoms with Crippen molar-refractivity contribution in [1.82, 2.24) is 4.98 Å². The first-order valence-corrected chi connectivity index (χ1v) is 6.43. The lowest BCUT2D eigenvalue weighted by Crippen LogP contribution is -1.82. The molecule has 0 saturated heterocycles. The molecule has 0 fully saturated rings. The van der Waals surface area contributed by atoms with E-state index in [0.717, 1.165) is 23.0 Å². The van der Waals surface area contributed by atoms with E-state index in [1.54, 1.807) is 12.4 Å². The third-order valence-corrected chi connectivity index (χ3v) is 3.28. The molecule has 0 amide bonds. The Morgan fingerprint density at radius 2 is 1.00 bits per heavy atom. The molecule has 2 heteroatoms. The fraction of sp³-hybridized carbons (Fsp3) is 0. The van der Waals surface area contributed by atoms with Crippen molar-refractivity contribution in [2.45, 2.75) is 0 Å². The van der Waals surface area contributed by atoms with Crippen LogP contribution in [0.25, 0.3) is 22.3 Å². The van der Waals surface area contributed by atoms with Crippen LogP contribution >= 0.6 is 0 Å². The monoisotopic (exact) mass is 259 g/mol. The van der Waals surface area contributed by atoms with Gasteiger partial charge >= 0.3 is 0 Å². The summed E-state index contributed by atoms with van der Waals surface area (Å²) in [5, 5.41) is 0. The molecule has 0 radical (unpaired) electrons. The molecule has 3 rings (SSSR count). The molecule has 0 saturated carbocycles. The number of aldehydes is 1. The molecule has 96 valence electrons. The van der Waals surface area contributed by atoms with Crippen LogP contribution in [0.2, 0.25) is 0 Å². The molecule has 3 aromatic rings. The minimum atomic E-state index is 0.696. The van der Waals surface area contributed by atoms with Crippen molar-refractivity contribution in [3.8, 4) is 22.3 Å². The Morgan fingerprint density at radius 1 is 0.600 bits per heavy atom. The molecular weight excluding hydrogens is 246 g/mol. The van der Waals surface area contributed by atoms with Crippen LogP contribution in [0.1, 0.15) is 10.4 Å². The highest BCUT2D eigenvalue weighted by Gasteiger charge is 2.00. The van der Waals surface area contributed by atoms with Gasteiger partial charge in [0.1, 0.15) is 6.29 Å². The molecule has 0 aliphatic rings.